The second-order valence-corrected chi connectivity index (χ2v) is 5.86. The van der Waals surface area contributed by atoms with E-state index < -0.39 is 0 Å². The number of quaternary nitrogens is 1. The molecule has 0 fully saturated rings. The number of nitrogens with zero attached hydrogens (tertiary/aromatic N) is 1. The first-order valence-corrected chi connectivity index (χ1v) is 7.81. The van der Waals surface area contributed by atoms with Crippen molar-refractivity contribution in [2.24, 2.45) is 4.99 Å². The molecule has 2 aromatic carbocycles. The summed E-state index contributed by atoms with van der Waals surface area (Å²) in [6.07, 6.45) is 2.70. The molecule has 0 amide bonds. The van der Waals surface area contributed by atoms with Gasteiger partial charge in [-0.1, -0.05) is 36.4 Å². The lowest BCUT2D eigenvalue weighted by atomic mass is 10.1. The number of ether oxygens (including phenoxy) is 1. The molecular weight excluding hydrogens is 288 g/mol. The summed E-state index contributed by atoms with van der Waals surface area (Å²) in [4.78, 5) is 5.90. The van der Waals surface area contributed by atoms with Gasteiger partial charge in [-0.3, -0.25) is 4.99 Å². The predicted octanol–water partition coefficient (Wildman–Crippen LogP) is 1.58. The van der Waals surface area contributed by atoms with Crippen LogP contribution in [0.2, 0.25) is 0 Å². The molecule has 122 valence electrons. The maximum atomic E-state index is 10.1. The number of hydrogen-bond acceptors (Lipinski definition) is 3. The van der Waals surface area contributed by atoms with Gasteiger partial charge >= 0.3 is 0 Å². The number of hydrogen-bond donors (Lipinski definition) is 2. The van der Waals surface area contributed by atoms with Crippen molar-refractivity contribution in [3.8, 4) is 11.5 Å². The fraction of sp³-hybridized carbons (Fsp3) is 0.316. The van der Waals surface area contributed by atoms with Crippen molar-refractivity contribution in [1.82, 2.24) is 0 Å². The van der Waals surface area contributed by atoms with Gasteiger partial charge < -0.3 is 14.7 Å². The van der Waals surface area contributed by atoms with E-state index in [1.165, 1.54) is 10.5 Å². The van der Waals surface area contributed by atoms with E-state index in [9.17, 15) is 5.11 Å². The second-order valence-electron chi connectivity index (χ2n) is 5.86. The molecule has 2 N–H and O–H groups in total. The summed E-state index contributed by atoms with van der Waals surface area (Å²) in [5.74, 6) is 0.601. The minimum atomic E-state index is 0.135. The average molecular weight is 313 g/mol. The molecule has 0 heterocycles. The molecule has 0 aromatic heterocycles. The Morgan fingerprint density at radius 1 is 1.13 bits per heavy atom. The van der Waals surface area contributed by atoms with Crippen molar-refractivity contribution in [3.63, 3.8) is 0 Å². The first-order chi connectivity index (χ1) is 11.1. The predicted molar refractivity (Wildman–Crippen MR) is 93.9 cm³/mol. The van der Waals surface area contributed by atoms with E-state index >= 15 is 0 Å². The van der Waals surface area contributed by atoms with Crippen LogP contribution in [0, 0.1) is 0 Å². The molecule has 1 atom stereocenters. The fourth-order valence-corrected chi connectivity index (χ4v) is 2.44. The van der Waals surface area contributed by atoms with Crippen LogP contribution >= 0.6 is 0 Å². The summed E-state index contributed by atoms with van der Waals surface area (Å²) in [6, 6.07) is 16.3. The van der Waals surface area contributed by atoms with Crippen molar-refractivity contribution in [1.29, 1.82) is 0 Å². The maximum Gasteiger partial charge on any atom is 0.166 e. The van der Waals surface area contributed by atoms with Gasteiger partial charge in [0.2, 0.25) is 0 Å². The number of aliphatic imine (C=N–C) groups is 1. The molecule has 4 nitrogen and oxygen atoms in total. The fourth-order valence-electron chi connectivity index (χ4n) is 2.44. The minimum Gasteiger partial charge on any atom is -0.504 e. The number of nitrogens with one attached hydrogen (secondary N) is 1. The van der Waals surface area contributed by atoms with Gasteiger partial charge in [-0.2, -0.15) is 0 Å². The Morgan fingerprint density at radius 2 is 1.87 bits per heavy atom. The van der Waals surface area contributed by atoms with Gasteiger partial charge in [0.15, 0.2) is 11.5 Å². The smallest absolute Gasteiger partial charge is 0.166 e. The van der Waals surface area contributed by atoms with Crippen molar-refractivity contribution in [2.45, 2.75) is 12.5 Å². The number of likely N-dealkylation sites (N-methyl/N-ethyl adjacent to an activating group) is 1. The van der Waals surface area contributed by atoms with Crippen molar-refractivity contribution < 1.29 is 14.7 Å². The molecule has 0 aliphatic heterocycles. The molecule has 0 aliphatic carbocycles. The van der Waals surface area contributed by atoms with E-state index in [1.54, 1.807) is 19.4 Å². The third kappa shape index (κ3) is 4.83. The van der Waals surface area contributed by atoms with E-state index in [0.29, 0.717) is 23.9 Å². The van der Waals surface area contributed by atoms with Crippen LogP contribution in [0.3, 0.4) is 0 Å². The molecule has 0 unspecified atom stereocenters. The second kappa shape index (κ2) is 8.34. The Morgan fingerprint density at radius 3 is 2.52 bits per heavy atom. The summed E-state index contributed by atoms with van der Waals surface area (Å²) in [5, 5.41) is 10.1. The number of benzene rings is 2. The first-order valence-electron chi connectivity index (χ1n) is 7.81. The molecule has 0 saturated carbocycles. The van der Waals surface area contributed by atoms with Gasteiger partial charge in [-0.25, -0.2) is 0 Å². The Kier molecular flexibility index (Phi) is 6.18. The van der Waals surface area contributed by atoms with Gasteiger partial charge in [0.1, 0.15) is 6.04 Å². The van der Waals surface area contributed by atoms with E-state index in [1.807, 2.05) is 18.2 Å². The molecule has 0 radical (unpaired) electrons. The molecule has 2 aromatic rings. The summed E-state index contributed by atoms with van der Waals surface area (Å²) >= 11 is 0. The molecule has 23 heavy (non-hydrogen) atoms. The Hall–Kier alpha value is -2.33. The zero-order valence-corrected chi connectivity index (χ0v) is 14.0. The highest BCUT2D eigenvalue weighted by Crippen LogP contribution is 2.27. The Bertz CT molecular complexity index is 639. The summed E-state index contributed by atoms with van der Waals surface area (Å²) < 4.78 is 5.11. The topological polar surface area (TPSA) is 46.3 Å². The SMILES string of the molecule is COc1cccc(C=NC[C@H](Cc2ccccc2)[NH+](C)C)c1O. The van der Waals surface area contributed by atoms with Crippen molar-refractivity contribution in [2.75, 3.05) is 27.7 Å². The minimum absolute atomic E-state index is 0.135. The van der Waals surface area contributed by atoms with Gasteiger partial charge in [0, 0.05) is 18.2 Å². The number of aromatic hydroxyl groups is 1. The summed E-state index contributed by atoms with van der Waals surface area (Å²) in [5.41, 5.74) is 2.00. The summed E-state index contributed by atoms with van der Waals surface area (Å²) in [7, 11) is 5.83. The van der Waals surface area contributed by atoms with Gasteiger partial charge in [0.05, 0.1) is 27.7 Å². The van der Waals surface area contributed by atoms with E-state index in [4.69, 9.17) is 4.74 Å². The molecule has 0 saturated heterocycles. The largest absolute Gasteiger partial charge is 0.504 e. The summed E-state index contributed by atoms with van der Waals surface area (Å²) in [6.45, 7) is 0.702. The highest BCUT2D eigenvalue weighted by Gasteiger charge is 2.15. The molecule has 0 spiro atoms. The zero-order valence-electron chi connectivity index (χ0n) is 14.0. The molecular formula is C19H25N2O2+. The lowest BCUT2D eigenvalue weighted by Crippen LogP contribution is -3.11. The van der Waals surface area contributed by atoms with Crippen LogP contribution < -0.4 is 9.64 Å². The number of rotatable bonds is 7. The monoisotopic (exact) mass is 313 g/mol. The molecule has 2 rings (SSSR count). The van der Waals surface area contributed by atoms with Crippen LogP contribution in [0.5, 0.6) is 11.5 Å². The number of phenolic OH excluding ortho intramolecular Hbond substituents is 1. The van der Waals surface area contributed by atoms with Gasteiger partial charge in [-0.15, -0.1) is 0 Å². The van der Waals surface area contributed by atoms with E-state index in [-0.39, 0.29) is 5.75 Å². The number of methoxy groups -OCH3 is 1. The quantitative estimate of drug-likeness (QED) is 0.762. The van der Waals surface area contributed by atoms with E-state index in [0.717, 1.165) is 6.42 Å². The van der Waals surface area contributed by atoms with Crippen LogP contribution in [0.1, 0.15) is 11.1 Å². The molecule has 4 heteroatoms. The Balaban J connectivity index is 2.04. The number of phenols is 1. The average Bonchev–Trinajstić information content (AvgIpc) is 2.56. The van der Waals surface area contributed by atoms with Crippen LogP contribution in [-0.4, -0.2) is 45.1 Å². The van der Waals surface area contributed by atoms with Crippen LogP contribution in [0.15, 0.2) is 53.5 Å². The first kappa shape index (κ1) is 17.0. The highest BCUT2D eigenvalue weighted by atomic mass is 16.5. The lowest BCUT2D eigenvalue weighted by Gasteiger charge is -2.19. The number of para-hydroxylation sites is 1. The van der Waals surface area contributed by atoms with E-state index in [2.05, 4.69) is 43.4 Å². The van der Waals surface area contributed by atoms with Crippen LogP contribution in [-0.2, 0) is 6.42 Å². The van der Waals surface area contributed by atoms with Gasteiger partial charge in [-0.05, 0) is 17.7 Å². The lowest BCUT2D eigenvalue weighted by molar-refractivity contribution is -0.883. The standard InChI is InChI=1S/C19H24N2O2/c1-21(2)17(12-15-8-5-4-6-9-15)14-20-13-16-10-7-11-18(23-3)19(16)22/h4-11,13,17,22H,12,14H2,1-3H3/p+1/t17-/m0/s1. The maximum absolute atomic E-state index is 10.1. The van der Waals surface area contributed by atoms with Crippen molar-refractivity contribution in [3.05, 3.63) is 59.7 Å². The molecule has 0 aliphatic rings. The zero-order chi connectivity index (χ0) is 16.7. The normalized spacial score (nSPS) is 12.7. The third-order valence-corrected chi connectivity index (χ3v) is 3.95. The highest BCUT2D eigenvalue weighted by molar-refractivity contribution is 5.84. The Labute approximate surface area is 138 Å². The van der Waals surface area contributed by atoms with Gasteiger partial charge in [0.25, 0.3) is 0 Å². The van der Waals surface area contributed by atoms with Crippen molar-refractivity contribution >= 4 is 6.21 Å². The third-order valence-electron chi connectivity index (χ3n) is 3.95. The van der Waals surface area contributed by atoms with Crippen LogP contribution in [0.4, 0.5) is 0 Å². The molecule has 0 bridgehead atoms. The van der Waals surface area contributed by atoms with Crippen LogP contribution in [0.25, 0.3) is 0 Å².